The van der Waals surface area contributed by atoms with Crippen LogP contribution in [0.15, 0.2) is 12.5 Å². The fraction of sp³-hybridized carbons (Fsp3) is 0.625. The van der Waals surface area contributed by atoms with E-state index >= 15 is 0 Å². The second-order valence-electron chi connectivity index (χ2n) is 3.17. The van der Waals surface area contributed by atoms with Gasteiger partial charge in [-0.3, -0.25) is 0 Å². The molecule has 1 aromatic rings. The van der Waals surface area contributed by atoms with Crippen molar-refractivity contribution in [1.82, 2.24) is 9.55 Å². The monoisotopic (exact) mass is 278 g/mol. The fourth-order valence-corrected chi connectivity index (χ4v) is 1.79. The van der Waals surface area contributed by atoms with Gasteiger partial charge in [0.2, 0.25) is 0 Å². The zero-order chi connectivity index (χ0) is 13.1. The summed E-state index contributed by atoms with van der Waals surface area (Å²) >= 11 is 0.893. The number of halogens is 6. The molecule has 1 aromatic heterocycles. The average molecular weight is 278 g/mol. The van der Waals surface area contributed by atoms with E-state index in [0.717, 1.165) is 28.9 Å². The van der Waals surface area contributed by atoms with Gasteiger partial charge in [0.25, 0.3) is 0 Å². The van der Waals surface area contributed by atoms with Crippen molar-refractivity contribution in [2.75, 3.05) is 5.75 Å². The Labute approximate surface area is 97.0 Å². The van der Waals surface area contributed by atoms with Crippen molar-refractivity contribution in [1.29, 1.82) is 0 Å². The number of hydrogen-bond acceptors (Lipinski definition) is 2. The molecule has 2 nitrogen and oxygen atoms in total. The molecule has 17 heavy (non-hydrogen) atoms. The van der Waals surface area contributed by atoms with Crippen LogP contribution in [0.5, 0.6) is 0 Å². The van der Waals surface area contributed by atoms with E-state index in [4.69, 9.17) is 0 Å². The summed E-state index contributed by atoms with van der Waals surface area (Å²) in [6.07, 6.45) is -8.01. The lowest BCUT2D eigenvalue weighted by atomic mass is 10.5. The van der Waals surface area contributed by atoms with Gasteiger partial charge in [0, 0.05) is 11.9 Å². The van der Waals surface area contributed by atoms with E-state index in [1.165, 1.54) is 0 Å². The summed E-state index contributed by atoms with van der Waals surface area (Å²) in [7, 11) is 0. The quantitative estimate of drug-likeness (QED) is 0.619. The number of alkyl halides is 6. The summed E-state index contributed by atoms with van der Waals surface area (Å²) in [6.45, 7) is 0. The molecule has 0 atom stereocenters. The Kier molecular flexibility index (Phi) is 4.34. The van der Waals surface area contributed by atoms with Crippen LogP contribution >= 0.6 is 11.8 Å². The molecule has 1 heterocycles. The molecule has 0 saturated carbocycles. The van der Waals surface area contributed by atoms with Crippen molar-refractivity contribution >= 4 is 11.8 Å². The summed E-state index contributed by atoms with van der Waals surface area (Å²) in [5.74, 6) is -0.178. The molecule has 0 aliphatic rings. The van der Waals surface area contributed by atoms with Gasteiger partial charge in [-0.05, 0) is 0 Å². The SMILES string of the molecule is FC(F)(F)CCSCn1cnc(C(F)(F)F)c1. The molecule has 0 aromatic carbocycles. The Balaban J connectivity index is 2.36. The zero-order valence-electron chi connectivity index (χ0n) is 8.35. The van der Waals surface area contributed by atoms with Crippen LogP contribution in [0.25, 0.3) is 0 Å². The second-order valence-corrected chi connectivity index (χ2v) is 4.25. The Morgan fingerprint density at radius 3 is 2.29 bits per heavy atom. The molecule has 0 bridgehead atoms. The Hall–Kier alpha value is -0.860. The van der Waals surface area contributed by atoms with Crippen LogP contribution in [0.4, 0.5) is 26.3 Å². The van der Waals surface area contributed by atoms with E-state index in [9.17, 15) is 26.3 Å². The van der Waals surface area contributed by atoms with E-state index in [1.54, 1.807) is 0 Å². The van der Waals surface area contributed by atoms with Gasteiger partial charge in [-0.15, -0.1) is 11.8 Å². The Bertz CT molecular complexity index is 356. The minimum absolute atomic E-state index is 0.0131. The van der Waals surface area contributed by atoms with E-state index in [2.05, 4.69) is 4.98 Å². The molecule has 9 heteroatoms. The molecular formula is C8H8F6N2S. The van der Waals surface area contributed by atoms with Gasteiger partial charge in [0.1, 0.15) is 0 Å². The molecule has 0 radical (unpaired) electrons. The third-order valence-electron chi connectivity index (χ3n) is 1.69. The molecule has 0 spiro atoms. The standard InChI is InChI=1S/C8H8F6N2S/c9-7(10,11)1-2-17-5-16-3-6(15-4-16)8(12,13)14/h3-4H,1-2,5H2. The van der Waals surface area contributed by atoms with Crippen LogP contribution in [-0.4, -0.2) is 21.5 Å². The minimum atomic E-state index is -4.53. The van der Waals surface area contributed by atoms with Crippen LogP contribution in [0, 0.1) is 0 Å². The normalized spacial score (nSPS) is 13.1. The van der Waals surface area contributed by atoms with Crippen molar-refractivity contribution in [3.8, 4) is 0 Å². The first-order chi connectivity index (χ1) is 7.68. The summed E-state index contributed by atoms with van der Waals surface area (Å²) < 4.78 is 72.7. The Morgan fingerprint density at radius 2 is 1.82 bits per heavy atom. The molecule has 0 N–H and O–H groups in total. The van der Waals surface area contributed by atoms with E-state index < -0.39 is 24.5 Å². The topological polar surface area (TPSA) is 17.8 Å². The predicted octanol–water partition coefficient (Wildman–Crippen LogP) is 3.55. The first kappa shape index (κ1) is 14.2. The lowest BCUT2D eigenvalue weighted by Crippen LogP contribution is -2.08. The number of hydrogen-bond donors (Lipinski definition) is 0. The van der Waals surface area contributed by atoms with E-state index in [0.29, 0.717) is 0 Å². The third kappa shape index (κ3) is 5.33. The largest absolute Gasteiger partial charge is 0.434 e. The van der Waals surface area contributed by atoms with Crippen LogP contribution in [0.2, 0.25) is 0 Å². The number of aromatic nitrogens is 2. The van der Waals surface area contributed by atoms with Crippen molar-refractivity contribution in [2.24, 2.45) is 0 Å². The van der Waals surface area contributed by atoms with Gasteiger partial charge in [-0.25, -0.2) is 4.98 Å². The number of rotatable bonds is 4. The van der Waals surface area contributed by atoms with Gasteiger partial charge in [-0.2, -0.15) is 26.3 Å². The first-order valence-corrected chi connectivity index (χ1v) is 5.57. The lowest BCUT2D eigenvalue weighted by molar-refractivity contribution is -0.141. The van der Waals surface area contributed by atoms with Gasteiger partial charge >= 0.3 is 12.4 Å². The number of imidazole rings is 1. The van der Waals surface area contributed by atoms with Crippen LogP contribution in [-0.2, 0) is 12.1 Å². The summed E-state index contributed by atoms with van der Waals surface area (Å²) in [5, 5.41) is 0. The highest BCUT2D eigenvalue weighted by Gasteiger charge is 2.33. The zero-order valence-corrected chi connectivity index (χ0v) is 9.16. The van der Waals surface area contributed by atoms with Crippen molar-refractivity contribution in [2.45, 2.75) is 24.7 Å². The molecule has 0 saturated heterocycles. The highest BCUT2D eigenvalue weighted by atomic mass is 32.2. The second kappa shape index (κ2) is 5.19. The predicted molar refractivity (Wildman–Crippen MR) is 50.4 cm³/mol. The van der Waals surface area contributed by atoms with Crippen LogP contribution in [0.3, 0.4) is 0 Å². The highest BCUT2D eigenvalue weighted by molar-refractivity contribution is 7.98. The lowest BCUT2D eigenvalue weighted by Gasteiger charge is -2.05. The van der Waals surface area contributed by atoms with Gasteiger partial charge in [0.05, 0.1) is 18.6 Å². The fourth-order valence-electron chi connectivity index (χ4n) is 0.935. The maximum absolute atomic E-state index is 12.1. The smallest absolute Gasteiger partial charge is 0.327 e. The van der Waals surface area contributed by atoms with Crippen molar-refractivity contribution in [3.63, 3.8) is 0 Å². The Morgan fingerprint density at radius 1 is 1.18 bits per heavy atom. The summed E-state index contributed by atoms with van der Waals surface area (Å²) in [6, 6.07) is 0. The maximum atomic E-state index is 12.1. The highest BCUT2D eigenvalue weighted by Crippen LogP contribution is 2.28. The summed E-state index contributed by atoms with van der Waals surface area (Å²) in [5.41, 5.74) is -1.05. The van der Waals surface area contributed by atoms with Gasteiger partial charge < -0.3 is 4.57 Å². The van der Waals surface area contributed by atoms with Crippen molar-refractivity contribution in [3.05, 3.63) is 18.2 Å². The van der Waals surface area contributed by atoms with Crippen LogP contribution in [0.1, 0.15) is 12.1 Å². The van der Waals surface area contributed by atoms with Gasteiger partial charge in [-0.1, -0.05) is 0 Å². The number of thioether (sulfide) groups is 1. The molecule has 0 aliphatic carbocycles. The van der Waals surface area contributed by atoms with Crippen LogP contribution < -0.4 is 0 Å². The minimum Gasteiger partial charge on any atom is -0.327 e. The third-order valence-corrected chi connectivity index (χ3v) is 2.67. The van der Waals surface area contributed by atoms with Gasteiger partial charge in [0.15, 0.2) is 5.69 Å². The molecule has 98 valence electrons. The van der Waals surface area contributed by atoms with E-state index in [-0.39, 0.29) is 11.6 Å². The summed E-state index contributed by atoms with van der Waals surface area (Å²) in [4.78, 5) is 3.12. The molecule has 0 aliphatic heterocycles. The molecular weight excluding hydrogens is 270 g/mol. The first-order valence-electron chi connectivity index (χ1n) is 4.42. The molecule has 0 amide bonds. The maximum Gasteiger partial charge on any atom is 0.434 e. The molecule has 0 fully saturated rings. The van der Waals surface area contributed by atoms with Crippen molar-refractivity contribution < 1.29 is 26.3 Å². The van der Waals surface area contributed by atoms with E-state index in [1.807, 2.05) is 0 Å². The number of nitrogens with zero attached hydrogens (tertiary/aromatic N) is 2. The average Bonchev–Trinajstić information content (AvgIpc) is 2.58. The molecule has 1 rings (SSSR count). The molecule has 0 unspecified atom stereocenters.